The first-order chi connectivity index (χ1) is 18.2. The van der Waals surface area contributed by atoms with Crippen LogP contribution in [-0.4, -0.2) is 29.4 Å². The van der Waals surface area contributed by atoms with Crippen molar-refractivity contribution in [1.29, 1.82) is 0 Å². The van der Waals surface area contributed by atoms with Gasteiger partial charge in [-0.3, -0.25) is 25.0 Å². The van der Waals surface area contributed by atoms with Gasteiger partial charge in [-0.2, -0.15) is 0 Å². The maximum Gasteiger partial charge on any atom is 0.335 e. The molecule has 1 aliphatic rings. The molecular weight excluding hydrogens is 490 g/mol. The summed E-state index contributed by atoms with van der Waals surface area (Å²) in [6.45, 7) is 5.84. The molecule has 1 saturated heterocycles. The SMILES string of the molecule is CCOc1cc(/C=C2\C(=O)NC(=O)N(c3cccc(C)c3C)C2=O)ccc1OCc1cccc([N+](=O)[O-])c1. The fourth-order valence-electron chi connectivity index (χ4n) is 3.94. The van der Waals surface area contributed by atoms with Gasteiger partial charge in [0.15, 0.2) is 11.5 Å². The van der Waals surface area contributed by atoms with Crippen LogP contribution in [0.3, 0.4) is 0 Å². The average molecular weight is 516 g/mol. The molecule has 0 radical (unpaired) electrons. The van der Waals surface area contributed by atoms with E-state index in [2.05, 4.69) is 5.32 Å². The number of hydrogen-bond acceptors (Lipinski definition) is 7. The Morgan fingerprint density at radius 3 is 2.47 bits per heavy atom. The van der Waals surface area contributed by atoms with Crippen molar-refractivity contribution in [3.05, 3.63) is 98.6 Å². The van der Waals surface area contributed by atoms with Crippen LogP contribution in [0.2, 0.25) is 0 Å². The molecule has 1 aliphatic heterocycles. The number of barbiturate groups is 1. The third-order valence-corrected chi connectivity index (χ3v) is 6.01. The summed E-state index contributed by atoms with van der Waals surface area (Å²) in [7, 11) is 0. The minimum absolute atomic E-state index is 0.0399. The predicted molar refractivity (Wildman–Crippen MR) is 140 cm³/mol. The summed E-state index contributed by atoms with van der Waals surface area (Å²) < 4.78 is 11.5. The molecular formula is C28H25N3O7. The third kappa shape index (κ3) is 5.39. The molecule has 10 nitrogen and oxygen atoms in total. The van der Waals surface area contributed by atoms with E-state index in [1.807, 2.05) is 13.0 Å². The van der Waals surface area contributed by atoms with Gasteiger partial charge in [0, 0.05) is 12.1 Å². The molecule has 10 heteroatoms. The first kappa shape index (κ1) is 26.1. The molecule has 0 unspecified atom stereocenters. The van der Waals surface area contributed by atoms with E-state index >= 15 is 0 Å². The average Bonchev–Trinajstić information content (AvgIpc) is 2.88. The molecule has 1 fully saturated rings. The largest absolute Gasteiger partial charge is 0.490 e. The number of aryl methyl sites for hydroxylation is 1. The molecule has 38 heavy (non-hydrogen) atoms. The summed E-state index contributed by atoms with van der Waals surface area (Å²) in [6.07, 6.45) is 1.38. The predicted octanol–water partition coefficient (Wildman–Crippen LogP) is 4.86. The second-order valence-electron chi connectivity index (χ2n) is 8.53. The Balaban J connectivity index is 1.62. The third-order valence-electron chi connectivity index (χ3n) is 6.01. The highest BCUT2D eigenvalue weighted by Gasteiger charge is 2.37. The quantitative estimate of drug-likeness (QED) is 0.196. The molecule has 0 saturated carbocycles. The monoisotopic (exact) mass is 515 g/mol. The molecule has 4 rings (SSSR count). The number of benzene rings is 3. The topological polar surface area (TPSA) is 128 Å². The van der Waals surface area contributed by atoms with Gasteiger partial charge in [-0.1, -0.05) is 30.3 Å². The number of nitro benzene ring substituents is 1. The van der Waals surface area contributed by atoms with Gasteiger partial charge in [-0.05, 0) is 67.3 Å². The Kier molecular flexibility index (Phi) is 7.52. The number of carbonyl (C=O) groups excluding carboxylic acids is 3. The van der Waals surface area contributed by atoms with E-state index in [0.29, 0.717) is 34.9 Å². The Morgan fingerprint density at radius 2 is 1.74 bits per heavy atom. The number of rotatable bonds is 8. The van der Waals surface area contributed by atoms with Crippen LogP contribution in [-0.2, 0) is 16.2 Å². The zero-order valence-electron chi connectivity index (χ0n) is 21.0. The van der Waals surface area contributed by atoms with Crippen LogP contribution in [0.25, 0.3) is 6.08 Å². The lowest BCUT2D eigenvalue weighted by atomic mass is 10.0. The summed E-state index contributed by atoms with van der Waals surface area (Å²) in [5, 5.41) is 13.3. The van der Waals surface area contributed by atoms with E-state index in [-0.39, 0.29) is 17.9 Å². The Hall–Kier alpha value is -4.99. The molecule has 0 bridgehead atoms. The first-order valence-electron chi connectivity index (χ1n) is 11.8. The highest BCUT2D eigenvalue weighted by Crippen LogP contribution is 2.32. The zero-order chi connectivity index (χ0) is 27.4. The van der Waals surface area contributed by atoms with Gasteiger partial charge in [0.2, 0.25) is 0 Å². The highest BCUT2D eigenvalue weighted by atomic mass is 16.6. The first-order valence-corrected chi connectivity index (χ1v) is 11.8. The number of amides is 4. The molecule has 1 heterocycles. The van der Waals surface area contributed by atoms with E-state index in [9.17, 15) is 24.5 Å². The van der Waals surface area contributed by atoms with Crippen LogP contribution < -0.4 is 19.7 Å². The van der Waals surface area contributed by atoms with Gasteiger partial charge in [-0.15, -0.1) is 0 Å². The van der Waals surface area contributed by atoms with Crippen LogP contribution >= 0.6 is 0 Å². The highest BCUT2D eigenvalue weighted by molar-refractivity contribution is 6.39. The molecule has 4 amide bonds. The van der Waals surface area contributed by atoms with Gasteiger partial charge in [0.25, 0.3) is 17.5 Å². The standard InChI is InChI=1S/C28H25N3O7/c1-4-37-25-15-19(11-12-24(25)38-16-20-8-6-9-21(13-20)31(35)36)14-22-26(32)29-28(34)30(27(22)33)23-10-5-7-17(2)18(23)3/h5-15H,4,16H2,1-3H3,(H,29,32,34)/b22-14+. The number of imide groups is 2. The van der Waals surface area contributed by atoms with Crippen molar-refractivity contribution < 1.29 is 28.8 Å². The second-order valence-corrected chi connectivity index (χ2v) is 8.53. The summed E-state index contributed by atoms with van der Waals surface area (Å²) in [5.41, 5.74) is 2.87. The van der Waals surface area contributed by atoms with Gasteiger partial charge in [-0.25, -0.2) is 9.69 Å². The van der Waals surface area contributed by atoms with E-state index < -0.39 is 22.8 Å². The summed E-state index contributed by atoms with van der Waals surface area (Å²) >= 11 is 0. The van der Waals surface area contributed by atoms with Gasteiger partial charge in [0.05, 0.1) is 17.2 Å². The van der Waals surface area contributed by atoms with Gasteiger partial charge >= 0.3 is 6.03 Å². The number of nitro groups is 1. The number of carbonyl (C=O) groups is 3. The number of non-ortho nitro benzene ring substituents is 1. The molecule has 0 aliphatic carbocycles. The van der Waals surface area contributed by atoms with Crippen molar-refractivity contribution in [2.75, 3.05) is 11.5 Å². The lowest BCUT2D eigenvalue weighted by Crippen LogP contribution is -2.54. The minimum atomic E-state index is -0.814. The molecule has 3 aromatic carbocycles. The number of nitrogens with zero attached hydrogens (tertiary/aromatic N) is 2. The van der Waals surface area contributed by atoms with Gasteiger partial charge in [0.1, 0.15) is 12.2 Å². The zero-order valence-corrected chi connectivity index (χ0v) is 21.0. The van der Waals surface area contributed by atoms with Crippen molar-refractivity contribution in [2.45, 2.75) is 27.4 Å². The normalized spacial score (nSPS) is 14.4. The van der Waals surface area contributed by atoms with Crippen LogP contribution in [0.1, 0.15) is 29.2 Å². The fourth-order valence-corrected chi connectivity index (χ4v) is 3.94. The van der Waals surface area contributed by atoms with Crippen molar-refractivity contribution in [3.63, 3.8) is 0 Å². The van der Waals surface area contributed by atoms with Crippen LogP contribution in [0, 0.1) is 24.0 Å². The van der Waals surface area contributed by atoms with Gasteiger partial charge < -0.3 is 9.47 Å². The number of urea groups is 1. The second kappa shape index (κ2) is 11.0. The maximum atomic E-state index is 13.3. The summed E-state index contributed by atoms with van der Waals surface area (Å²) in [6, 6.07) is 15.4. The maximum absolute atomic E-state index is 13.3. The van der Waals surface area contributed by atoms with E-state index in [1.165, 1.54) is 18.2 Å². The van der Waals surface area contributed by atoms with Crippen molar-refractivity contribution in [1.82, 2.24) is 5.32 Å². The van der Waals surface area contributed by atoms with Crippen LogP contribution in [0.5, 0.6) is 11.5 Å². The Labute approximate surface area is 218 Å². The minimum Gasteiger partial charge on any atom is -0.490 e. The summed E-state index contributed by atoms with van der Waals surface area (Å²) in [4.78, 5) is 50.0. The fraction of sp³-hybridized carbons (Fsp3) is 0.179. The van der Waals surface area contributed by atoms with Crippen molar-refractivity contribution >= 4 is 35.3 Å². The number of hydrogen-bond donors (Lipinski definition) is 1. The van der Waals surface area contributed by atoms with Crippen molar-refractivity contribution in [3.8, 4) is 11.5 Å². The summed E-state index contributed by atoms with van der Waals surface area (Å²) in [5.74, 6) is -0.799. The van der Waals surface area contributed by atoms with E-state index in [1.54, 1.807) is 56.3 Å². The Morgan fingerprint density at radius 1 is 0.974 bits per heavy atom. The number of ether oxygens (including phenoxy) is 2. The van der Waals surface area contributed by atoms with Crippen LogP contribution in [0.15, 0.2) is 66.2 Å². The van der Waals surface area contributed by atoms with Crippen LogP contribution in [0.4, 0.5) is 16.2 Å². The molecule has 0 spiro atoms. The lowest BCUT2D eigenvalue weighted by Gasteiger charge is -2.28. The van der Waals surface area contributed by atoms with E-state index in [0.717, 1.165) is 16.0 Å². The number of nitrogens with one attached hydrogen (secondary N) is 1. The van der Waals surface area contributed by atoms with E-state index in [4.69, 9.17) is 9.47 Å². The Bertz CT molecular complexity index is 1480. The molecule has 194 valence electrons. The lowest BCUT2D eigenvalue weighted by molar-refractivity contribution is -0.384. The van der Waals surface area contributed by atoms with Crippen molar-refractivity contribution in [2.24, 2.45) is 0 Å². The molecule has 1 N–H and O–H groups in total. The molecule has 3 aromatic rings. The molecule has 0 aromatic heterocycles. The number of anilines is 1. The smallest absolute Gasteiger partial charge is 0.335 e. The molecule has 0 atom stereocenters.